The van der Waals surface area contributed by atoms with E-state index in [1.165, 1.54) is 91.1 Å². The summed E-state index contributed by atoms with van der Waals surface area (Å²) in [6.07, 6.45) is 13.9. The van der Waals surface area contributed by atoms with Gasteiger partial charge in [-0.3, -0.25) is 0 Å². The van der Waals surface area contributed by atoms with Crippen LogP contribution in [0.5, 0.6) is 34.5 Å². The maximum atomic E-state index is 13.9. The molecule has 8 fully saturated rings. The van der Waals surface area contributed by atoms with Gasteiger partial charge in [0.1, 0.15) is 38.9 Å². The fourth-order valence-corrected chi connectivity index (χ4v) is 17.2. The van der Waals surface area contributed by atoms with Crippen LogP contribution in [0.25, 0.3) is 0 Å². The zero-order valence-corrected chi connectivity index (χ0v) is 44.7. The molecular formula is C56H52Na2O9S2. The third-order valence-corrected chi connectivity index (χ3v) is 19.6. The van der Waals surface area contributed by atoms with Crippen LogP contribution in [0.15, 0.2) is 148 Å². The Hall–Kier alpha value is -3.62. The first kappa shape index (κ1) is 49.0. The first-order valence-corrected chi connectivity index (χ1v) is 26.5. The molecule has 8 aliphatic rings. The Morgan fingerprint density at radius 2 is 0.870 bits per heavy atom. The first-order chi connectivity index (χ1) is 32.1. The summed E-state index contributed by atoms with van der Waals surface area (Å²) in [6, 6.07) is 41.9. The quantitative estimate of drug-likeness (QED) is 0.0933. The Balaban J connectivity index is 0.00000277. The van der Waals surface area contributed by atoms with E-state index in [0.29, 0.717) is 46.7 Å². The zero-order valence-electron chi connectivity index (χ0n) is 39.1. The Bertz CT molecular complexity index is 3100. The molecule has 9 nitrogen and oxygen atoms in total. The SMILES string of the molecule is O=S(=O)([O-])c1cc(S(=O)(=O)c2c[c-]c(Oc3ccc(C45CC6CC(CC(c7ccc(O)cc7)(C6)C4)C5)cc3)cc2)ccc1Oc1ccc(C23CC4CC(CC(c5ccc(O)cc5)(C4)C2)C3)cc1.[Na+].[Na+]. The van der Waals surface area contributed by atoms with Crippen LogP contribution in [0.3, 0.4) is 0 Å². The monoisotopic (exact) mass is 978 g/mol. The van der Waals surface area contributed by atoms with Crippen molar-refractivity contribution in [2.24, 2.45) is 23.7 Å². The molecule has 13 heteroatoms. The van der Waals surface area contributed by atoms with Gasteiger partial charge in [-0.05, 0) is 216 Å². The van der Waals surface area contributed by atoms with E-state index in [1.54, 1.807) is 24.3 Å². The maximum absolute atomic E-state index is 13.9. The van der Waals surface area contributed by atoms with Crippen molar-refractivity contribution in [3.63, 3.8) is 0 Å². The predicted octanol–water partition coefficient (Wildman–Crippen LogP) is 5.81. The molecule has 4 unspecified atom stereocenters. The average molecular weight is 979 g/mol. The molecule has 0 spiro atoms. The minimum Gasteiger partial charge on any atom is -0.744 e. The fourth-order valence-electron chi connectivity index (χ4n) is 15.2. The van der Waals surface area contributed by atoms with Crippen LogP contribution in [-0.2, 0) is 41.6 Å². The molecule has 8 saturated carbocycles. The molecule has 0 heterocycles. The first-order valence-electron chi connectivity index (χ1n) is 23.6. The van der Waals surface area contributed by atoms with Gasteiger partial charge in [0.25, 0.3) is 0 Å². The number of sulfone groups is 1. The molecule has 0 amide bonds. The number of hydrogen-bond donors (Lipinski definition) is 2. The van der Waals surface area contributed by atoms with Gasteiger partial charge in [0.2, 0.25) is 0 Å². The number of rotatable bonds is 11. The van der Waals surface area contributed by atoms with Gasteiger partial charge in [-0.1, -0.05) is 48.5 Å². The van der Waals surface area contributed by atoms with E-state index in [1.807, 2.05) is 36.4 Å². The number of ether oxygens (including phenoxy) is 2. The molecule has 8 aliphatic carbocycles. The predicted molar refractivity (Wildman–Crippen MR) is 250 cm³/mol. The topological polar surface area (TPSA) is 150 Å². The molecule has 69 heavy (non-hydrogen) atoms. The Kier molecular flexibility index (Phi) is 12.7. The summed E-state index contributed by atoms with van der Waals surface area (Å²) in [5, 5.41) is 20.0. The minimum absolute atomic E-state index is 0. The van der Waals surface area contributed by atoms with E-state index in [4.69, 9.17) is 9.47 Å². The Morgan fingerprint density at radius 3 is 1.25 bits per heavy atom. The van der Waals surface area contributed by atoms with Gasteiger partial charge in [-0.2, -0.15) is 12.1 Å². The molecule has 4 atom stereocenters. The van der Waals surface area contributed by atoms with Gasteiger partial charge in [-0.25, -0.2) is 16.8 Å². The second-order valence-corrected chi connectivity index (χ2v) is 24.6. The Morgan fingerprint density at radius 1 is 0.493 bits per heavy atom. The van der Waals surface area contributed by atoms with Crippen LogP contribution in [0, 0.1) is 29.7 Å². The average Bonchev–Trinajstić information content (AvgIpc) is 3.29. The van der Waals surface area contributed by atoms with Crippen LogP contribution >= 0.6 is 0 Å². The van der Waals surface area contributed by atoms with E-state index in [0.717, 1.165) is 44.6 Å². The third kappa shape index (κ3) is 8.73. The van der Waals surface area contributed by atoms with Gasteiger partial charge in [0.05, 0.1) is 9.79 Å². The van der Waals surface area contributed by atoms with Crippen molar-refractivity contribution in [3.8, 4) is 34.5 Å². The van der Waals surface area contributed by atoms with Gasteiger partial charge in [0, 0.05) is 5.75 Å². The van der Waals surface area contributed by atoms with Crippen LogP contribution in [0.1, 0.15) is 99.3 Å². The second kappa shape index (κ2) is 17.8. The van der Waals surface area contributed by atoms with Gasteiger partial charge < -0.3 is 24.2 Å². The minimum atomic E-state index is -5.16. The second-order valence-electron chi connectivity index (χ2n) is 21.3. The number of hydrogen-bond acceptors (Lipinski definition) is 9. The number of benzene rings is 6. The summed E-state index contributed by atoms with van der Waals surface area (Å²) in [6.45, 7) is 0. The fraction of sp³-hybridized carbons (Fsp3) is 0.357. The molecule has 344 valence electrons. The maximum Gasteiger partial charge on any atom is 1.00 e. The van der Waals surface area contributed by atoms with Crippen LogP contribution < -0.4 is 68.6 Å². The summed E-state index contributed by atoms with van der Waals surface area (Å²) >= 11 is 0. The normalized spacial score (nSPS) is 29.5. The molecule has 0 aliphatic heterocycles. The summed E-state index contributed by atoms with van der Waals surface area (Å²) < 4.78 is 77.9. The molecule has 2 N–H and O–H groups in total. The van der Waals surface area contributed by atoms with Gasteiger partial charge in [-0.15, -0.1) is 12.1 Å². The summed E-state index contributed by atoms with van der Waals surface area (Å²) in [5.41, 5.74) is 5.38. The Labute approximate surface area is 449 Å². The van der Waals surface area contributed by atoms with E-state index in [-0.39, 0.29) is 102 Å². The van der Waals surface area contributed by atoms with Crippen molar-refractivity contribution >= 4 is 20.0 Å². The molecule has 14 rings (SSSR count). The van der Waals surface area contributed by atoms with E-state index < -0.39 is 24.9 Å². The van der Waals surface area contributed by atoms with Crippen LogP contribution in [-0.4, -0.2) is 31.6 Å². The summed E-state index contributed by atoms with van der Waals surface area (Å²) in [7, 11) is -9.44. The molecule has 6 aromatic carbocycles. The van der Waals surface area contributed by atoms with Gasteiger partial charge in [0.15, 0.2) is 9.84 Å². The van der Waals surface area contributed by atoms with Crippen molar-refractivity contribution in [2.45, 2.75) is 113 Å². The summed E-state index contributed by atoms with van der Waals surface area (Å²) in [5.74, 6) is 4.11. The molecule has 0 radical (unpaired) electrons. The van der Waals surface area contributed by atoms with E-state index >= 15 is 0 Å². The molecule has 0 aromatic heterocycles. The third-order valence-electron chi connectivity index (χ3n) is 17.0. The zero-order chi connectivity index (χ0) is 46.0. The van der Waals surface area contributed by atoms with Crippen LogP contribution in [0.2, 0.25) is 0 Å². The standard InChI is InChI=1S/C56H53O9S2.2Na/c57-44-9-1-40(2-10-44)53-26-36-23-37(27-53)31-55(30-36,34-53)42-5-13-46(14-6-42)64-47-17-19-49(20-18-47)66(59,60)50-21-22-51(52(25-50)67(61,62)63)65-48-15-7-43(8-16-48)56-32-38-24-39(33-56)29-54(28-38,35-56)41-3-11-45(58)12-4-41;;/h1-17,19-22,25,36-39,57-58H,23-24,26-35H2,(H,61,62,63);;/q-1;2*+1/p-1. The number of phenols is 2. The summed E-state index contributed by atoms with van der Waals surface area (Å²) in [4.78, 5) is -1.29. The van der Waals surface area contributed by atoms with Crippen molar-refractivity contribution in [1.82, 2.24) is 0 Å². The van der Waals surface area contributed by atoms with Gasteiger partial charge >= 0.3 is 59.1 Å². The number of aromatic hydroxyl groups is 2. The molecule has 8 bridgehead atoms. The largest absolute Gasteiger partial charge is 1.00 e. The van der Waals surface area contributed by atoms with Crippen LogP contribution in [0.4, 0.5) is 0 Å². The van der Waals surface area contributed by atoms with Crippen molar-refractivity contribution < 1.29 is 100 Å². The van der Waals surface area contributed by atoms with Crippen molar-refractivity contribution in [2.75, 3.05) is 0 Å². The molecule has 0 saturated heterocycles. The molecule has 6 aromatic rings. The van der Waals surface area contributed by atoms with E-state index in [9.17, 15) is 31.6 Å². The molecular weight excluding hydrogens is 927 g/mol. The smallest absolute Gasteiger partial charge is 0.744 e. The number of phenolic OH excluding ortho intramolecular Hbond substituents is 2. The van der Waals surface area contributed by atoms with Crippen molar-refractivity contribution in [3.05, 3.63) is 162 Å². The van der Waals surface area contributed by atoms with E-state index in [2.05, 4.69) is 42.5 Å². The van der Waals surface area contributed by atoms with Crippen molar-refractivity contribution in [1.29, 1.82) is 0 Å².